The predicted octanol–water partition coefficient (Wildman–Crippen LogP) is 3.38. The fraction of sp³-hybridized carbons (Fsp3) is 0.562. The first-order chi connectivity index (χ1) is 10.2. The summed E-state index contributed by atoms with van der Waals surface area (Å²) >= 11 is 1.97. The Morgan fingerprint density at radius 3 is 2.76 bits per heavy atom. The van der Waals surface area contributed by atoms with Crippen molar-refractivity contribution in [3.8, 4) is 11.5 Å². The third-order valence-electron chi connectivity index (χ3n) is 3.55. The van der Waals surface area contributed by atoms with Gasteiger partial charge in [-0.15, -0.1) is 0 Å². The van der Waals surface area contributed by atoms with Gasteiger partial charge in [0.05, 0.1) is 7.11 Å². The fourth-order valence-electron chi connectivity index (χ4n) is 2.39. The van der Waals surface area contributed by atoms with E-state index < -0.39 is 5.97 Å². The van der Waals surface area contributed by atoms with Crippen LogP contribution in [-0.4, -0.2) is 35.8 Å². The van der Waals surface area contributed by atoms with Crippen molar-refractivity contribution >= 4 is 17.7 Å². The van der Waals surface area contributed by atoms with Crippen molar-refractivity contribution in [1.82, 2.24) is 0 Å². The Balaban J connectivity index is 2.00. The summed E-state index contributed by atoms with van der Waals surface area (Å²) in [5.41, 5.74) is 1.09. The van der Waals surface area contributed by atoms with Crippen LogP contribution in [0.4, 0.5) is 0 Å². The molecule has 1 aromatic rings. The molecule has 4 nitrogen and oxygen atoms in total. The van der Waals surface area contributed by atoms with Crippen molar-refractivity contribution < 1.29 is 19.4 Å². The zero-order valence-corrected chi connectivity index (χ0v) is 13.2. The fourth-order valence-corrected chi connectivity index (χ4v) is 3.45. The normalized spacial score (nSPS) is 15.7. The first-order valence-electron chi connectivity index (χ1n) is 7.32. The van der Waals surface area contributed by atoms with Crippen LogP contribution in [-0.2, 0) is 11.2 Å². The zero-order chi connectivity index (χ0) is 15.1. The number of hydrogen-bond donors (Lipinski definition) is 1. The van der Waals surface area contributed by atoms with E-state index in [2.05, 4.69) is 0 Å². The largest absolute Gasteiger partial charge is 0.493 e. The molecule has 21 heavy (non-hydrogen) atoms. The van der Waals surface area contributed by atoms with E-state index in [1.54, 1.807) is 7.11 Å². The topological polar surface area (TPSA) is 55.8 Å². The van der Waals surface area contributed by atoms with Gasteiger partial charge in [-0.25, -0.2) is 0 Å². The third kappa shape index (κ3) is 5.16. The van der Waals surface area contributed by atoms with Crippen LogP contribution in [0, 0.1) is 0 Å². The number of aryl methyl sites for hydroxylation is 1. The molecular formula is C16H22O4S. The number of hydrogen-bond acceptors (Lipinski definition) is 4. The molecule has 1 fully saturated rings. The molecule has 0 spiro atoms. The van der Waals surface area contributed by atoms with E-state index >= 15 is 0 Å². The summed E-state index contributed by atoms with van der Waals surface area (Å²) in [4.78, 5) is 10.6. The van der Waals surface area contributed by atoms with Crippen LogP contribution in [0.3, 0.4) is 0 Å². The maximum absolute atomic E-state index is 10.6. The molecule has 0 amide bonds. The van der Waals surface area contributed by atoms with Gasteiger partial charge in [-0.2, -0.15) is 11.8 Å². The Kier molecular flexibility index (Phi) is 6.23. The molecule has 116 valence electrons. The van der Waals surface area contributed by atoms with Gasteiger partial charge >= 0.3 is 5.97 Å². The first kappa shape index (κ1) is 16.0. The van der Waals surface area contributed by atoms with Gasteiger partial charge in [-0.05, 0) is 54.9 Å². The minimum Gasteiger partial charge on any atom is -0.493 e. The Hall–Kier alpha value is -1.36. The lowest BCUT2D eigenvalue weighted by Crippen LogP contribution is -2.22. The summed E-state index contributed by atoms with van der Waals surface area (Å²) in [5.74, 6) is 3.06. The molecule has 1 saturated heterocycles. The zero-order valence-electron chi connectivity index (χ0n) is 12.3. The van der Waals surface area contributed by atoms with Crippen molar-refractivity contribution in [1.29, 1.82) is 0 Å². The number of benzene rings is 1. The number of ether oxygens (including phenoxy) is 2. The lowest BCUT2D eigenvalue weighted by atomic mass is 10.1. The Morgan fingerprint density at radius 1 is 1.33 bits per heavy atom. The monoisotopic (exact) mass is 310 g/mol. The molecule has 1 N–H and O–H groups in total. The van der Waals surface area contributed by atoms with Gasteiger partial charge in [0, 0.05) is 6.42 Å². The molecule has 5 heteroatoms. The highest BCUT2D eigenvalue weighted by molar-refractivity contribution is 7.99. The van der Waals surface area contributed by atoms with Crippen LogP contribution < -0.4 is 9.47 Å². The number of rotatable bonds is 7. The Morgan fingerprint density at radius 2 is 2.10 bits per heavy atom. The summed E-state index contributed by atoms with van der Waals surface area (Å²) in [6, 6.07) is 5.87. The van der Waals surface area contributed by atoms with Crippen LogP contribution >= 0.6 is 11.8 Å². The predicted molar refractivity (Wildman–Crippen MR) is 84.5 cm³/mol. The number of carboxylic acid groups (broad SMARTS) is 1. The van der Waals surface area contributed by atoms with E-state index in [1.807, 2.05) is 30.0 Å². The van der Waals surface area contributed by atoms with Crippen molar-refractivity contribution in [2.75, 3.05) is 18.6 Å². The highest BCUT2D eigenvalue weighted by Gasteiger charge is 2.17. The van der Waals surface area contributed by atoms with E-state index in [0.29, 0.717) is 6.42 Å². The SMILES string of the molecule is COc1ccc(CCCC(=O)O)cc1OC1CCSCC1. The van der Waals surface area contributed by atoms with Crippen LogP contribution in [0.1, 0.15) is 31.2 Å². The summed E-state index contributed by atoms with van der Waals surface area (Å²) in [6.07, 6.45) is 3.97. The summed E-state index contributed by atoms with van der Waals surface area (Å²) < 4.78 is 11.5. The molecule has 0 unspecified atom stereocenters. The average Bonchev–Trinajstić information content (AvgIpc) is 2.48. The van der Waals surface area contributed by atoms with E-state index in [0.717, 1.165) is 47.8 Å². The van der Waals surface area contributed by atoms with E-state index in [-0.39, 0.29) is 12.5 Å². The number of thioether (sulfide) groups is 1. The number of carboxylic acids is 1. The second kappa shape index (κ2) is 8.17. The minimum atomic E-state index is -0.750. The van der Waals surface area contributed by atoms with E-state index in [1.165, 1.54) is 0 Å². The van der Waals surface area contributed by atoms with Crippen molar-refractivity contribution in [2.24, 2.45) is 0 Å². The van der Waals surface area contributed by atoms with Crippen LogP contribution in [0.2, 0.25) is 0 Å². The second-order valence-corrected chi connectivity index (χ2v) is 6.39. The van der Waals surface area contributed by atoms with Crippen molar-refractivity contribution in [3.63, 3.8) is 0 Å². The smallest absolute Gasteiger partial charge is 0.303 e. The van der Waals surface area contributed by atoms with E-state index in [4.69, 9.17) is 14.6 Å². The van der Waals surface area contributed by atoms with Gasteiger partial charge in [0.25, 0.3) is 0 Å². The van der Waals surface area contributed by atoms with Crippen molar-refractivity contribution in [2.45, 2.75) is 38.2 Å². The highest BCUT2D eigenvalue weighted by atomic mass is 32.2. The minimum absolute atomic E-state index is 0.196. The first-order valence-corrected chi connectivity index (χ1v) is 8.47. The number of aliphatic carboxylic acids is 1. The van der Waals surface area contributed by atoms with Crippen LogP contribution in [0.15, 0.2) is 18.2 Å². The molecule has 0 bridgehead atoms. The summed E-state index contributed by atoms with van der Waals surface area (Å²) in [5, 5.41) is 8.70. The van der Waals surface area contributed by atoms with Crippen molar-refractivity contribution in [3.05, 3.63) is 23.8 Å². The lowest BCUT2D eigenvalue weighted by Gasteiger charge is -2.24. The quantitative estimate of drug-likeness (QED) is 0.836. The van der Waals surface area contributed by atoms with Gasteiger partial charge in [0.2, 0.25) is 0 Å². The molecule has 0 atom stereocenters. The molecule has 0 radical (unpaired) electrons. The Labute approximate surface area is 129 Å². The molecule has 1 aromatic carbocycles. The molecule has 1 aliphatic heterocycles. The molecule has 2 rings (SSSR count). The average molecular weight is 310 g/mol. The molecule has 1 aliphatic rings. The van der Waals surface area contributed by atoms with Gasteiger partial charge < -0.3 is 14.6 Å². The molecular weight excluding hydrogens is 288 g/mol. The second-order valence-electron chi connectivity index (χ2n) is 5.16. The standard InChI is InChI=1S/C16H22O4S/c1-19-14-6-5-12(3-2-4-16(17)18)11-15(14)20-13-7-9-21-10-8-13/h5-6,11,13H,2-4,7-10H2,1H3,(H,17,18). The van der Waals surface area contributed by atoms with Gasteiger partial charge in [0.1, 0.15) is 6.10 Å². The number of carbonyl (C=O) groups is 1. The lowest BCUT2D eigenvalue weighted by molar-refractivity contribution is -0.137. The maximum atomic E-state index is 10.6. The molecule has 0 aromatic heterocycles. The van der Waals surface area contributed by atoms with Gasteiger partial charge in [0.15, 0.2) is 11.5 Å². The van der Waals surface area contributed by atoms with E-state index in [9.17, 15) is 4.79 Å². The summed E-state index contributed by atoms with van der Waals surface area (Å²) in [7, 11) is 1.64. The maximum Gasteiger partial charge on any atom is 0.303 e. The molecule has 1 heterocycles. The van der Waals surface area contributed by atoms with Gasteiger partial charge in [-0.1, -0.05) is 6.07 Å². The van der Waals surface area contributed by atoms with Gasteiger partial charge in [-0.3, -0.25) is 4.79 Å². The third-order valence-corrected chi connectivity index (χ3v) is 4.59. The Bertz CT molecular complexity index is 469. The highest BCUT2D eigenvalue weighted by Crippen LogP contribution is 2.32. The van der Waals surface area contributed by atoms with Crippen LogP contribution in [0.25, 0.3) is 0 Å². The van der Waals surface area contributed by atoms with Crippen LogP contribution in [0.5, 0.6) is 11.5 Å². The molecule has 0 saturated carbocycles. The molecule has 0 aliphatic carbocycles. The number of methoxy groups -OCH3 is 1. The summed E-state index contributed by atoms with van der Waals surface area (Å²) in [6.45, 7) is 0.